The van der Waals surface area contributed by atoms with Crippen molar-refractivity contribution in [3.8, 4) is 0 Å². The van der Waals surface area contributed by atoms with Crippen molar-refractivity contribution in [2.75, 3.05) is 26.0 Å². The number of carbonyl (C=O) groups is 1. The Balaban J connectivity index is 4.08. The highest BCUT2D eigenvalue weighted by atomic mass is 32.2. The van der Waals surface area contributed by atoms with E-state index in [9.17, 15) is 13.2 Å². The molecule has 18 heavy (non-hydrogen) atoms. The van der Waals surface area contributed by atoms with Crippen LogP contribution in [0.25, 0.3) is 0 Å². The van der Waals surface area contributed by atoms with Crippen LogP contribution < -0.4 is 0 Å². The Morgan fingerprint density at radius 2 is 1.83 bits per heavy atom. The van der Waals surface area contributed by atoms with Gasteiger partial charge in [0.05, 0.1) is 12.9 Å². The molecule has 0 fully saturated rings. The van der Waals surface area contributed by atoms with Crippen LogP contribution in [0.3, 0.4) is 0 Å². The Kier molecular flexibility index (Phi) is 6.62. The first kappa shape index (κ1) is 17.2. The summed E-state index contributed by atoms with van der Waals surface area (Å²) in [7, 11) is -3.41. The van der Waals surface area contributed by atoms with Crippen LogP contribution in [0, 0.1) is 0 Å². The van der Waals surface area contributed by atoms with E-state index in [1.807, 2.05) is 6.92 Å². The standard InChI is InChI=1S/C11H23NO5S/c1-6-12(10(13)17-11(2,3)4)8-7-9-16-18(5,14)15/h6-9H2,1-5H3. The van der Waals surface area contributed by atoms with Crippen LogP contribution >= 0.6 is 0 Å². The van der Waals surface area contributed by atoms with Crippen LogP contribution in [0.5, 0.6) is 0 Å². The summed E-state index contributed by atoms with van der Waals surface area (Å²) in [6.07, 6.45) is 1.04. The van der Waals surface area contributed by atoms with Crippen LogP contribution in [0.4, 0.5) is 4.79 Å². The first-order valence-corrected chi connectivity index (χ1v) is 7.69. The molecule has 0 aliphatic rings. The topological polar surface area (TPSA) is 72.9 Å². The number of hydrogen-bond donors (Lipinski definition) is 0. The molecule has 6 nitrogen and oxygen atoms in total. The molecule has 0 N–H and O–H groups in total. The zero-order valence-electron chi connectivity index (χ0n) is 11.7. The lowest BCUT2D eigenvalue weighted by Crippen LogP contribution is -2.37. The fraction of sp³-hybridized carbons (Fsp3) is 0.909. The quantitative estimate of drug-likeness (QED) is 0.546. The summed E-state index contributed by atoms with van der Waals surface area (Å²) in [4.78, 5) is 13.2. The van der Waals surface area contributed by atoms with Crippen LogP contribution in [0.2, 0.25) is 0 Å². The summed E-state index contributed by atoms with van der Waals surface area (Å²) in [5.74, 6) is 0. The molecule has 0 aromatic carbocycles. The van der Waals surface area contributed by atoms with Gasteiger partial charge in [0, 0.05) is 13.1 Å². The third-order valence-electron chi connectivity index (χ3n) is 1.90. The van der Waals surface area contributed by atoms with Gasteiger partial charge in [0.25, 0.3) is 10.1 Å². The number of carbonyl (C=O) groups excluding carboxylic acids is 1. The molecule has 0 aliphatic heterocycles. The maximum absolute atomic E-state index is 11.7. The molecule has 0 aliphatic carbocycles. The largest absolute Gasteiger partial charge is 0.444 e. The molecule has 1 amide bonds. The molecule has 0 saturated carbocycles. The minimum atomic E-state index is -3.41. The molecule has 0 aromatic heterocycles. The second-order valence-electron chi connectivity index (χ2n) is 4.94. The lowest BCUT2D eigenvalue weighted by atomic mass is 10.2. The second-order valence-corrected chi connectivity index (χ2v) is 6.58. The van der Waals surface area contributed by atoms with E-state index in [-0.39, 0.29) is 6.61 Å². The van der Waals surface area contributed by atoms with Gasteiger partial charge in [-0.1, -0.05) is 0 Å². The van der Waals surface area contributed by atoms with Crippen molar-refractivity contribution in [1.29, 1.82) is 0 Å². The second kappa shape index (κ2) is 6.94. The fourth-order valence-corrected chi connectivity index (χ4v) is 1.59. The summed E-state index contributed by atoms with van der Waals surface area (Å²) in [5.41, 5.74) is -0.534. The predicted octanol–water partition coefficient (Wildman–Crippen LogP) is 1.61. The van der Waals surface area contributed by atoms with E-state index >= 15 is 0 Å². The van der Waals surface area contributed by atoms with Crippen molar-refractivity contribution < 1.29 is 22.1 Å². The Bertz CT molecular complexity index is 358. The average molecular weight is 281 g/mol. The molecule has 0 saturated heterocycles. The van der Waals surface area contributed by atoms with Gasteiger partial charge in [0.15, 0.2) is 0 Å². The summed E-state index contributed by atoms with van der Waals surface area (Å²) in [6.45, 7) is 8.21. The van der Waals surface area contributed by atoms with Gasteiger partial charge in [-0.25, -0.2) is 4.79 Å². The Hall–Kier alpha value is -0.820. The van der Waals surface area contributed by atoms with Crippen molar-refractivity contribution in [3.05, 3.63) is 0 Å². The average Bonchev–Trinajstić information content (AvgIpc) is 2.13. The van der Waals surface area contributed by atoms with Gasteiger partial charge in [-0.05, 0) is 34.1 Å². The highest BCUT2D eigenvalue weighted by Gasteiger charge is 2.20. The van der Waals surface area contributed by atoms with E-state index in [0.717, 1.165) is 6.26 Å². The normalized spacial score (nSPS) is 12.3. The first-order valence-electron chi connectivity index (χ1n) is 5.87. The number of ether oxygens (including phenoxy) is 1. The number of rotatable bonds is 6. The summed E-state index contributed by atoms with van der Waals surface area (Å²) in [5, 5.41) is 0. The van der Waals surface area contributed by atoms with Crippen LogP contribution in [-0.4, -0.2) is 51.0 Å². The molecule has 108 valence electrons. The summed E-state index contributed by atoms with van der Waals surface area (Å²) in [6, 6.07) is 0. The minimum absolute atomic E-state index is 0.0676. The summed E-state index contributed by atoms with van der Waals surface area (Å²) >= 11 is 0. The third kappa shape index (κ3) is 9.23. The zero-order chi connectivity index (χ0) is 14.4. The van der Waals surface area contributed by atoms with Crippen LogP contribution in [-0.2, 0) is 19.0 Å². The van der Waals surface area contributed by atoms with E-state index in [2.05, 4.69) is 4.18 Å². The van der Waals surface area contributed by atoms with Crippen molar-refractivity contribution in [2.45, 2.75) is 39.7 Å². The highest BCUT2D eigenvalue weighted by molar-refractivity contribution is 7.85. The van der Waals surface area contributed by atoms with Gasteiger partial charge < -0.3 is 9.64 Å². The van der Waals surface area contributed by atoms with E-state index in [1.54, 1.807) is 20.8 Å². The van der Waals surface area contributed by atoms with E-state index < -0.39 is 21.8 Å². The SMILES string of the molecule is CCN(CCCOS(C)(=O)=O)C(=O)OC(C)(C)C. The molecule has 0 spiro atoms. The van der Waals surface area contributed by atoms with Gasteiger partial charge in [-0.3, -0.25) is 4.18 Å². The maximum Gasteiger partial charge on any atom is 0.410 e. The summed E-state index contributed by atoms with van der Waals surface area (Å²) < 4.78 is 31.3. The van der Waals surface area contributed by atoms with Crippen molar-refractivity contribution >= 4 is 16.2 Å². The van der Waals surface area contributed by atoms with Gasteiger partial charge in [0.1, 0.15) is 5.60 Å². The molecule has 0 radical (unpaired) electrons. The number of hydrogen-bond acceptors (Lipinski definition) is 5. The molecular formula is C11H23NO5S. The fourth-order valence-electron chi connectivity index (χ4n) is 1.17. The van der Waals surface area contributed by atoms with Gasteiger partial charge in [0.2, 0.25) is 0 Å². The Labute approximate surface area is 109 Å². The lowest BCUT2D eigenvalue weighted by Gasteiger charge is -2.26. The molecule has 7 heteroatoms. The number of amides is 1. The Morgan fingerprint density at radius 3 is 2.22 bits per heavy atom. The van der Waals surface area contributed by atoms with Crippen molar-refractivity contribution in [3.63, 3.8) is 0 Å². The van der Waals surface area contributed by atoms with Crippen molar-refractivity contribution in [1.82, 2.24) is 4.90 Å². The minimum Gasteiger partial charge on any atom is -0.444 e. The smallest absolute Gasteiger partial charge is 0.410 e. The molecular weight excluding hydrogens is 258 g/mol. The van der Waals surface area contributed by atoms with E-state index in [1.165, 1.54) is 4.90 Å². The third-order valence-corrected chi connectivity index (χ3v) is 2.50. The predicted molar refractivity (Wildman–Crippen MR) is 68.9 cm³/mol. The molecule has 0 heterocycles. The van der Waals surface area contributed by atoms with Gasteiger partial charge in [-0.15, -0.1) is 0 Å². The molecule has 0 atom stereocenters. The monoisotopic (exact) mass is 281 g/mol. The van der Waals surface area contributed by atoms with Crippen LogP contribution in [0.1, 0.15) is 34.1 Å². The van der Waals surface area contributed by atoms with Gasteiger partial charge in [-0.2, -0.15) is 8.42 Å². The molecule has 0 unspecified atom stereocenters. The van der Waals surface area contributed by atoms with Crippen LogP contribution in [0.15, 0.2) is 0 Å². The molecule has 0 bridgehead atoms. The van der Waals surface area contributed by atoms with Gasteiger partial charge >= 0.3 is 6.09 Å². The van der Waals surface area contributed by atoms with E-state index in [4.69, 9.17) is 4.74 Å². The molecule has 0 aromatic rings. The number of nitrogens with zero attached hydrogens (tertiary/aromatic N) is 1. The lowest BCUT2D eigenvalue weighted by molar-refractivity contribution is 0.0253. The zero-order valence-corrected chi connectivity index (χ0v) is 12.5. The Morgan fingerprint density at radius 1 is 1.28 bits per heavy atom. The van der Waals surface area contributed by atoms with E-state index in [0.29, 0.717) is 19.5 Å². The maximum atomic E-state index is 11.7. The molecule has 0 rings (SSSR count). The first-order chi connectivity index (χ1) is 8.05. The van der Waals surface area contributed by atoms with Crippen molar-refractivity contribution in [2.24, 2.45) is 0 Å². The highest BCUT2D eigenvalue weighted by Crippen LogP contribution is 2.10.